The normalized spacial score (nSPS) is 12.5. The Morgan fingerprint density at radius 2 is 1.95 bits per heavy atom. The number of nitrogens with one attached hydrogen (secondary N) is 2. The van der Waals surface area contributed by atoms with Crippen molar-refractivity contribution in [2.75, 3.05) is 17.2 Å². The molecular formula is C29H33FN6O2. The molecule has 1 fully saturated rings. The van der Waals surface area contributed by atoms with Crippen LogP contribution < -0.4 is 16.4 Å². The van der Waals surface area contributed by atoms with E-state index in [-0.39, 0.29) is 18.1 Å². The number of hydrogen-bond acceptors (Lipinski definition) is 6. The topological polar surface area (TPSA) is 134 Å². The number of aromatic nitrogens is 2. The molecule has 9 heteroatoms. The van der Waals surface area contributed by atoms with Crippen molar-refractivity contribution in [3.8, 4) is 28.5 Å². The Bertz CT molecular complexity index is 1360. The van der Waals surface area contributed by atoms with Gasteiger partial charge in [-0.3, -0.25) is 14.6 Å². The molecule has 4 N–H and O–H groups in total. The van der Waals surface area contributed by atoms with Gasteiger partial charge in [0.05, 0.1) is 22.9 Å². The van der Waals surface area contributed by atoms with Gasteiger partial charge in [0, 0.05) is 36.8 Å². The molecule has 3 aromatic rings. The third-order valence-electron chi connectivity index (χ3n) is 6.19. The third kappa shape index (κ3) is 7.59. The number of amides is 2. The van der Waals surface area contributed by atoms with Crippen molar-refractivity contribution < 1.29 is 14.0 Å². The molecule has 2 aromatic heterocycles. The van der Waals surface area contributed by atoms with Crippen molar-refractivity contribution in [3.63, 3.8) is 0 Å². The monoisotopic (exact) mass is 516 g/mol. The lowest BCUT2D eigenvalue weighted by molar-refractivity contribution is -0.114. The molecule has 0 atom stereocenters. The van der Waals surface area contributed by atoms with E-state index in [1.165, 1.54) is 6.92 Å². The number of primary amides is 1. The average molecular weight is 517 g/mol. The second-order valence-electron chi connectivity index (χ2n) is 10.0. The number of carbonyl (C=O) groups excluding carboxylic acids is 2. The van der Waals surface area contributed by atoms with E-state index in [9.17, 15) is 14.4 Å². The van der Waals surface area contributed by atoms with Crippen LogP contribution in [0.2, 0.25) is 0 Å². The lowest BCUT2D eigenvalue weighted by atomic mass is 9.91. The molecule has 2 amide bonds. The summed E-state index contributed by atoms with van der Waals surface area (Å²) in [5, 5.41) is 15.1. The second kappa shape index (κ2) is 12.3. The minimum Gasteiger partial charge on any atom is -0.383 e. The van der Waals surface area contributed by atoms with Crippen LogP contribution in [0.1, 0.15) is 57.2 Å². The van der Waals surface area contributed by atoms with Crippen LogP contribution in [0.15, 0.2) is 42.6 Å². The van der Waals surface area contributed by atoms with Gasteiger partial charge in [0.25, 0.3) is 0 Å². The zero-order valence-electron chi connectivity index (χ0n) is 22.1. The summed E-state index contributed by atoms with van der Waals surface area (Å²) < 4.78 is 14.8. The molecule has 1 aliphatic rings. The number of anilines is 2. The summed E-state index contributed by atoms with van der Waals surface area (Å²) in [5.74, 6) is 0.402. The van der Waals surface area contributed by atoms with Gasteiger partial charge in [-0.2, -0.15) is 5.26 Å². The maximum absolute atomic E-state index is 14.8. The summed E-state index contributed by atoms with van der Waals surface area (Å²) in [4.78, 5) is 29.2. The highest BCUT2D eigenvalue weighted by atomic mass is 19.1. The molecule has 0 radical (unpaired) electrons. The SMILES string of the molecule is CC(=O)Nc1cc(-c2cc(-c3cc(NCCC(C)(C)C#N)c(F)cc3C)cc(C3CC3)n2)ccn1.NC=O. The first kappa shape index (κ1) is 28.3. The van der Waals surface area contributed by atoms with Crippen LogP contribution in [0, 0.1) is 29.5 Å². The second-order valence-corrected chi connectivity index (χ2v) is 10.0. The van der Waals surface area contributed by atoms with Crippen molar-refractivity contribution in [3.05, 3.63) is 59.7 Å². The highest BCUT2D eigenvalue weighted by Crippen LogP contribution is 2.42. The Morgan fingerprint density at radius 3 is 2.58 bits per heavy atom. The largest absolute Gasteiger partial charge is 0.383 e. The number of pyridine rings is 2. The number of halogens is 1. The van der Waals surface area contributed by atoms with Crippen LogP contribution in [-0.2, 0) is 9.59 Å². The van der Waals surface area contributed by atoms with Crippen LogP contribution in [0.3, 0.4) is 0 Å². The predicted molar refractivity (Wildman–Crippen MR) is 147 cm³/mol. The summed E-state index contributed by atoms with van der Waals surface area (Å²) in [5.41, 5.74) is 9.49. The van der Waals surface area contributed by atoms with Crippen LogP contribution in [0.4, 0.5) is 15.9 Å². The fourth-order valence-corrected chi connectivity index (χ4v) is 3.97. The summed E-state index contributed by atoms with van der Waals surface area (Å²) in [6.07, 6.45) is 4.72. The summed E-state index contributed by atoms with van der Waals surface area (Å²) in [6, 6.07) is 13.4. The number of rotatable bonds is 8. The number of carbonyl (C=O) groups is 2. The highest BCUT2D eigenvalue weighted by molar-refractivity contribution is 5.88. The molecule has 0 saturated heterocycles. The maximum Gasteiger partial charge on any atom is 0.222 e. The Kier molecular flexibility index (Phi) is 9.13. The van der Waals surface area contributed by atoms with Crippen molar-refractivity contribution in [2.24, 2.45) is 11.1 Å². The molecule has 38 heavy (non-hydrogen) atoms. The van der Waals surface area contributed by atoms with Gasteiger partial charge in [-0.15, -0.1) is 0 Å². The van der Waals surface area contributed by atoms with E-state index in [1.807, 2.05) is 45.0 Å². The van der Waals surface area contributed by atoms with Crippen molar-refractivity contribution >= 4 is 23.8 Å². The summed E-state index contributed by atoms with van der Waals surface area (Å²) in [6.45, 7) is 7.60. The molecule has 1 aromatic carbocycles. The number of benzene rings is 1. The lowest BCUT2D eigenvalue weighted by Gasteiger charge is -2.18. The molecule has 198 valence electrons. The van der Waals surface area contributed by atoms with E-state index >= 15 is 0 Å². The first-order valence-electron chi connectivity index (χ1n) is 12.4. The Morgan fingerprint density at radius 1 is 1.24 bits per heavy atom. The quantitative estimate of drug-likeness (QED) is 0.336. The van der Waals surface area contributed by atoms with Gasteiger partial charge >= 0.3 is 0 Å². The Hall–Kier alpha value is -4.32. The average Bonchev–Trinajstić information content (AvgIpc) is 3.71. The number of nitrogens with zero attached hydrogens (tertiary/aromatic N) is 3. The van der Waals surface area contributed by atoms with Gasteiger partial charge in [0.15, 0.2) is 0 Å². The smallest absolute Gasteiger partial charge is 0.222 e. The van der Waals surface area contributed by atoms with Crippen molar-refractivity contribution in [2.45, 2.75) is 52.9 Å². The van der Waals surface area contributed by atoms with E-state index in [0.717, 1.165) is 46.5 Å². The van der Waals surface area contributed by atoms with Gasteiger partial charge in [-0.1, -0.05) is 0 Å². The lowest BCUT2D eigenvalue weighted by Crippen LogP contribution is -2.15. The number of hydrogen-bond donors (Lipinski definition) is 3. The first-order valence-corrected chi connectivity index (χ1v) is 12.4. The predicted octanol–water partition coefficient (Wildman–Crippen LogP) is 5.55. The van der Waals surface area contributed by atoms with Crippen molar-refractivity contribution in [1.29, 1.82) is 5.26 Å². The molecule has 0 spiro atoms. The van der Waals surface area contributed by atoms with Gasteiger partial charge in [-0.05, 0) is 93.1 Å². The van der Waals surface area contributed by atoms with Crippen molar-refractivity contribution in [1.82, 2.24) is 9.97 Å². The number of nitriles is 1. The molecule has 1 aliphatic carbocycles. The Labute approximate surface area is 222 Å². The zero-order chi connectivity index (χ0) is 27.9. The summed E-state index contributed by atoms with van der Waals surface area (Å²) >= 11 is 0. The van der Waals surface area contributed by atoms with Crippen LogP contribution in [0.25, 0.3) is 22.4 Å². The standard InChI is InChI=1S/C28H30FN5O.CH3NO/c1-17-11-23(29)26(31-10-8-28(3,4)16-30)15-22(17)21-12-24(19-5-6-19)34-25(13-21)20-7-9-32-27(14-20)33-18(2)35;2-1-3/h7,9,11-15,19,31H,5-6,8,10H2,1-4H3,(H,32,33,35);1H,(H2,2,3). The van der Waals surface area contributed by atoms with E-state index in [2.05, 4.69) is 33.5 Å². The molecule has 1 saturated carbocycles. The molecule has 0 unspecified atom stereocenters. The number of aryl methyl sites for hydroxylation is 1. The van der Waals surface area contributed by atoms with E-state index in [0.29, 0.717) is 30.4 Å². The molecular weight excluding hydrogens is 483 g/mol. The van der Waals surface area contributed by atoms with Gasteiger partial charge in [0.1, 0.15) is 11.6 Å². The molecule has 2 heterocycles. The van der Waals surface area contributed by atoms with E-state index in [4.69, 9.17) is 9.78 Å². The number of nitrogens with two attached hydrogens (primary N) is 1. The van der Waals surface area contributed by atoms with E-state index < -0.39 is 5.41 Å². The van der Waals surface area contributed by atoms with Gasteiger partial charge in [-0.25, -0.2) is 9.37 Å². The fourth-order valence-electron chi connectivity index (χ4n) is 3.97. The fraction of sp³-hybridized carbons (Fsp3) is 0.345. The van der Waals surface area contributed by atoms with E-state index in [1.54, 1.807) is 12.3 Å². The first-order chi connectivity index (χ1) is 18.1. The van der Waals surface area contributed by atoms with Gasteiger partial charge < -0.3 is 16.4 Å². The van der Waals surface area contributed by atoms with Crippen LogP contribution >= 0.6 is 0 Å². The molecule has 0 bridgehead atoms. The maximum atomic E-state index is 14.8. The third-order valence-corrected chi connectivity index (χ3v) is 6.19. The highest BCUT2D eigenvalue weighted by Gasteiger charge is 2.26. The molecule has 0 aliphatic heterocycles. The van der Waals surface area contributed by atoms with Crippen LogP contribution in [-0.4, -0.2) is 28.8 Å². The van der Waals surface area contributed by atoms with Gasteiger partial charge in [0.2, 0.25) is 12.3 Å². The molecule has 8 nitrogen and oxygen atoms in total. The van der Waals surface area contributed by atoms with Crippen LogP contribution in [0.5, 0.6) is 0 Å². The zero-order valence-corrected chi connectivity index (χ0v) is 22.1. The minimum absolute atomic E-state index is 0.185. The summed E-state index contributed by atoms with van der Waals surface area (Å²) in [7, 11) is 0. The molecule has 4 rings (SSSR count). The minimum atomic E-state index is -0.475. The Balaban J connectivity index is 0.00000127.